The van der Waals surface area contributed by atoms with E-state index in [1.54, 1.807) is 15.8 Å². The van der Waals surface area contributed by atoms with Gasteiger partial charge in [0.2, 0.25) is 0 Å². The number of rotatable bonds is 3. The number of amides is 1. The molecule has 24 heavy (non-hydrogen) atoms. The van der Waals surface area contributed by atoms with Gasteiger partial charge >= 0.3 is 5.97 Å². The number of carbonyl (C=O) groups excluding carboxylic acids is 1. The minimum absolute atomic E-state index is 0.0856. The number of piperidine rings is 1. The zero-order chi connectivity index (χ0) is 17.3. The molecule has 1 saturated heterocycles. The number of hydrogen-bond donors (Lipinski definition) is 1. The van der Waals surface area contributed by atoms with E-state index >= 15 is 0 Å². The van der Waals surface area contributed by atoms with E-state index in [1.165, 1.54) is 0 Å². The van der Waals surface area contributed by atoms with Crippen LogP contribution in [0.25, 0.3) is 5.69 Å². The third-order valence-electron chi connectivity index (χ3n) is 4.42. The van der Waals surface area contributed by atoms with Crippen molar-refractivity contribution in [3.8, 4) is 5.69 Å². The maximum atomic E-state index is 12.7. The molecule has 7 heteroatoms. The summed E-state index contributed by atoms with van der Waals surface area (Å²) < 4.78 is 2.68. The lowest BCUT2D eigenvalue weighted by molar-refractivity contribution is -0.143. The summed E-state index contributed by atoms with van der Waals surface area (Å²) in [7, 11) is 0. The van der Waals surface area contributed by atoms with Gasteiger partial charge in [0.1, 0.15) is 0 Å². The zero-order valence-corrected chi connectivity index (χ0v) is 14.9. The molecule has 1 fully saturated rings. The van der Waals surface area contributed by atoms with Crippen LogP contribution >= 0.6 is 15.9 Å². The topological polar surface area (TPSA) is 75.4 Å². The van der Waals surface area contributed by atoms with Gasteiger partial charge in [0.25, 0.3) is 5.91 Å². The van der Waals surface area contributed by atoms with Gasteiger partial charge < -0.3 is 10.0 Å². The van der Waals surface area contributed by atoms with Crippen molar-refractivity contribution in [2.75, 3.05) is 13.1 Å². The second-order valence-electron chi connectivity index (χ2n) is 5.94. The number of aromatic nitrogens is 2. The molecule has 1 N–H and O–H groups in total. The van der Waals surface area contributed by atoms with E-state index in [0.29, 0.717) is 31.5 Å². The van der Waals surface area contributed by atoms with Crippen molar-refractivity contribution in [3.05, 3.63) is 46.2 Å². The third kappa shape index (κ3) is 3.21. The van der Waals surface area contributed by atoms with Crippen molar-refractivity contribution < 1.29 is 14.7 Å². The highest BCUT2D eigenvalue weighted by Crippen LogP contribution is 2.22. The van der Waals surface area contributed by atoms with Crippen molar-refractivity contribution in [2.45, 2.75) is 19.8 Å². The number of aliphatic carboxylic acids is 1. The smallest absolute Gasteiger partial charge is 0.306 e. The number of carbonyl (C=O) groups is 2. The maximum Gasteiger partial charge on any atom is 0.306 e. The summed E-state index contributed by atoms with van der Waals surface area (Å²) in [5, 5.41) is 13.4. The number of nitrogens with zero attached hydrogens (tertiary/aromatic N) is 3. The van der Waals surface area contributed by atoms with E-state index in [2.05, 4.69) is 21.0 Å². The monoisotopic (exact) mass is 391 g/mol. The van der Waals surface area contributed by atoms with Crippen LogP contribution in [-0.4, -0.2) is 44.8 Å². The molecule has 0 unspecified atom stereocenters. The fourth-order valence-electron chi connectivity index (χ4n) is 2.99. The summed E-state index contributed by atoms with van der Waals surface area (Å²) in [6.45, 7) is 2.81. The lowest BCUT2D eigenvalue weighted by Gasteiger charge is -2.30. The molecule has 1 aliphatic heterocycles. The quantitative estimate of drug-likeness (QED) is 0.872. The van der Waals surface area contributed by atoms with E-state index in [0.717, 1.165) is 15.9 Å². The first-order valence-electron chi connectivity index (χ1n) is 7.80. The Bertz CT molecular complexity index is 779. The molecule has 1 amide bonds. The molecule has 0 aliphatic carbocycles. The molecule has 2 aromatic rings. The predicted octanol–water partition coefficient (Wildman–Crippen LogP) is 2.88. The van der Waals surface area contributed by atoms with E-state index in [9.17, 15) is 9.59 Å². The van der Waals surface area contributed by atoms with Gasteiger partial charge in [-0.05, 0) is 38.0 Å². The van der Waals surface area contributed by atoms with Gasteiger partial charge in [-0.25, -0.2) is 4.68 Å². The normalized spacial score (nSPS) is 15.5. The average Bonchev–Trinajstić information content (AvgIpc) is 2.96. The van der Waals surface area contributed by atoms with Crippen molar-refractivity contribution in [2.24, 2.45) is 5.92 Å². The molecular weight excluding hydrogens is 374 g/mol. The van der Waals surface area contributed by atoms with E-state index in [4.69, 9.17) is 5.11 Å². The van der Waals surface area contributed by atoms with Crippen LogP contribution in [0, 0.1) is 12.8 Å². The van der Waals surface area contributed by atoms with Crippen LogP contribution in [0.5, 0.6) is 0 Å². The molecule has 3 rings (SSSR count). The second kappa shape index (κ2) is 6.76. The van der Waals surface area contributed by atoms with Crippen molar-refractivity contribution in [1.82, 2.24) is 14.7 Å². The SMILES string of the molecule is Cc1c(C(=O)N2CCC(C(=O)O)CC2)cnn1-c1cccc(Br)c1. The van der Waals surface area contributed by atoms with Crippen molar-refractivity contribution in [1.29, 1.82) is 0 Å². The van der Waals surface area contributed by atoms with Crippen LogP contribution in [0.3, 0.4) is 0 Å². The van der Waals surface area contributed by atoms with Crippen LogP contribution in [0.2, 0.25) is 0 Å². The van der Waals surface area contributed by atoms with Crippen LogP contribution < -0.4 is 0 Å². The molecule has 1 aromatic carbocycles. The highest BCUT2D eigenvalue weighted by atomic mass is 79.9. The molecule has 0 saturated carbocycles. The molecule has 0 radical (unpaired) electrons. The first kappa shape index (κ1) is 16.7. The summed E-state index contributed by atoms with van der Waals surface area (Å²) in [6.07, 6.45) is 2.58. The standard InChI is InChI=1S/C17H18BrN3O3/c1-11-15(10-19-21(11)14-4-2-3-13(18)9-14)16(22)20-7-5-12(6-8-20)17(23)24/h2-4,9-10,12H,5-8H2,1H3,(H,23,24). The van der Waals surface area contributed by atoms with Gasteiger partial charge in [-0.2, -0.15) is 5.10 Å². The van der Waals surface area contributed by atoms with Gasteiger partial charge in [-0.3, -0.25) is 9.59 Å². The lowest BCUT2D eigenvalue weighted by Crippen LogP contribution is -2.40. The van der Waals surface area contributed by atoms with Crippen LogP contribution in [0.4, 0.5) is 0 Å². The second-order valence-corrected chi connectivity index (χ2v) is 6.86. The Hall–Kier alpha value is -2.15. The predicted molar refractivity (Wildman–Crippen MR) is 92.3 cm³/mol. The largest absolute Gasteiger partial charge is 0.481 e. The zero-order valence-electron chi connectivity index (χ0n) is 13.3. The summed E-state index contributed by atoms with van der Waals surface area (Å²) in [5.41, 5.74) is 2.22. The minimum Gasteiger partial charge on any atom is -0.481 e. The first-order valence-corrected chi connectivity index (χ1v) is 8.59. The Morgan fingerprint density at radius 2 is 2.00 bits per heavy atom. The van der Waals surface area contributed by atoms with Gasteiger partial charge in [0.05, 0.1) is 29.1 Å². The first-order chi connectivity index (χ1) is 11.5. The van der Waals surface area contributed by atoms with E-state index in [-0.39, 0.29) is 11.8 Å². The summed E-state index contributed by atoms with van der Waals surface area (Å²) >= 11 is 3.44. The van der Waals surface area contributed by atoms with Gasteiger partial charge in [0, 0.05) is 17.6 Å². The number of carboxylic acid groups (broad SMARTS) is 1. The number of likely N-dealkylation sites (tertiary alicyclic amines) is 1. The molecule has 1 aliphatic rings. The number of carboxylic acids is 1. The summed E-state index contributed by atoms with van der Waals surface area (Å²) in [6, 6.07) is 7.71. The number of benzene rings is 1. The highest BCUT2D eigenvalue weighted by molar-refractivity contribution is 9.10. The Balaban J connectivity index is 1.79. The average molecular weight is 392 g/mol. The molecule has 126 valence electrons. The molecule has 2 heterocycles. The molecule has 0 atom stereocenters. The van der Waals surface area contributed by atoms with Crippen LogP contribution in [0.1, 0.15) is 28.9 Å². The van der Waals surface area contributed by atoms with Gasteiger partial charge in [-0.15, -0.1) is 0 Å². The number of halogens is 1. The molecular formula is C17H18BrN3O3. The molecule has 1 aromatic heterocycles. The molecule has 0 bridgehead atoms. The van der Waals surface area contributed by atoms with Crippen LogP contribution in [-0.2, 0) is 4.79 Å². The van der Waals surface area contributed by atoms with Crippen LogP contribution in [0.15, 0.2) is 34.9 Å². The fourth-order valence-corrected chi connectivity index (χ4v) is 3.37. The Morgan fingerprint density at radius 3 is 2.62 bits per heavy atom. The number of hydrogen-bond acceptors (Lipinski definition) is 3. The molecule has 6 nitrogen and oxygen atoms in total. The molecule has 0 spiro atoms. The maximum absolute atomic E-state index is 12.7. The van der Waals surface area contributed by atoms with Gasteiger partial charge in [-0.1, -0.05) is 22.0 Å². The Labute approximate surface area is 148 Å². The summed E-state index contributed by atoms with van der Waals surface area (Å²) in [4.78, 5) is 25.5. The van der Waals surface area contributed by atoms with E-state index in [1.807, 2.05) is 31.2 Å². The Morgan fingerprint density at radius 1 is 1.29 bits per heavy atom. The lowest BCUT2D eigenvalue weighted by atomic mass is 9.96. The third-order valence-corrected chi connectivity index (χ3v) is 4.92. The Kier molecular flexibility index (Phi) is 4.71. The van der Waals surface area contributed by atoms with Crippen molar-refractivity contribution >= 4 is 27.8 Å². The highest BCUT2D eigenvalue weighted by Gasteiger charge is 2.29. The summed E-state index contributed by atoms with van der Waals surface area (Å²) in [5.74, 6) is -1.21. The van der Waals surface area contributed by atoms with Crippen molar-refractivity contribution in [3.63, 3.8) is 0 Å². The fraction of sp³-hybridized carbons (Fsp3) is 0.353. The van der Waals surface area contributed by atoms with E-state index < -0.39 is 5.97 Å². The minimum atomic E-state index is -0.777. The van der Waals surface area contributed by atoms with Gasteiger partial charge in [0.15, 0.2) is 0 Å².